The van der Waals surface area contributed by atoms with Gasteiger partial charge in [0.05, 0.1) is 0 Å². The van der Waals surface area contributed by atoms with Crippen LogP contribution in [0.15, 0.2) is 24.3 Å². The van der Waals surface area contributed by atoms with Crippen LogP contribution in [0, 0.1) is 5.92 Å². The first-order chi connectivity index (χ1) is 7.99. The summed E-state index contributed by atoms with van der Waals surface area (Å²) in [7, 11) is 0. The van der Waals surface area contributed by atoms with Crippen molar-refractivity contribution in [2.45, 2.75) is 39.7 Å². The van der Waals surface area contributed by atoms with Crippen molar-refractivity contribution in [2.75, 3.05) is 5.32 Å². The first-order valence-electron chi connectivity index (χ1n) is 6.14. The lowest BCUT2D eigenvalue weighted by Crippen LogP contribution is -2.13. The van der Waals surface area contributed by atoms with E-state index in [1.807, 2.05) is 31.2 Å². The van der Waals surface area contributed by atoms with Gasteiger partial charge in [0.15, 0.2) is 0 Å². The minimum Gasteiger partial charge on any atom is -0.326 e. The van der Waals surface area contributed by atoms with E-state index in [0.717, 1.165) is 17.7 Å². The quantitative estimate of drug-likeness (QED) is 0.822. The van der Waals surface area contributed by atoms with Gasteiger partial charge in [0.25, 0.3) is 0 Å². The number of nitrogens with two attached hydrogens (primary N) is 1. The molecule has 94 valence electrons. The number of carbonyl (C=O) groups excluding carboxylic acids is 1. The molecule has 1 amide bonds. The molecule has 1 rings (SSSR count). The molecule has 0 spiro atoms. The van der Waals surface area contributed by atoms with E-state index in [1.54, 1.807) is 0 Å². The standard InChI is InChI=1S/C14H22N2O/c1-10(2)7-8-14(17)16-13-6-4-5-12(9-13)11(3)15/h4-6,9-11H,7-8,15H2,1-3H3,(H,16,17). The average Bonchev–Trinajstić information content (AvgIpc) is 2.26. The fourth-order valence-corrected chi connectivity index (χ4v) is 1.54. The molecule has 0 aliphatic rings. The Morgan fingerprint density at radius 3 is 2.65 bits per heavy atom. The van der Waals surface area contributed by atoms with Crippen LogP contribution in [0.1, 0.15) is 45.2 Å². The SMILES string of the molecule is CC(C)CCC(=O)Nc1cccc(C(C)N)c1. The number of anilines is 1. The van der Waals surface area contributed by atoms with Crippen LogP contribution in [0.2, 0.25) is 0 Å². The van der Waals surface area contributed by atoms with Crippen LogP contribution in [0.25, 0.3) is 0 Å². The van der Waals surface area contributed by atoms with Crippen molar-refractivity contribution >= 4 is 11.6 Å². The molecule has 0 heterocycles. The Hall–Kier alpha value is -1.35. The third kappa shape index (κ3) is 5.00. The van der Waals surface area contributed by atoms with Crippen LogP contribution in [-0.4, -0.2) is 5.91 Å². The average molecular weight is 234 g/mol. The fourth-order valence-electron chi connectivity index (χ4n) is 1.54. The second kappa shape index (κ2) is 6.40. The largest absolute Gasteiger partial charge is 0.326 e. The van der Waals surface area contributed by atoms with Crippen molar-refractivity contribution < 1.29 is 4.79 Å². The van der Waals surface area contributed by atoms with Gasteiger partial charge in [0.2, 0.25) is 5.91 Å². The van der Waals surface area contributed by atoms with Crippen molar-refractivity contribution in [1.82, 2.24) is 0 Å². The molecule has 3 N–H and O–H groups in total. The molecule has 17 heavy (non-hydrogen) atoms. The first kappa shape index (κ1) is 13.7. The van der Waals surface area contributed by atoms with Crippen molar-refractivity contribution in [3.05, 3.63) is 29.8 Å². The Bertz CT molecular complexity index is 372. The first-order valence-corrected chi connectivity index (χ1v) is 6.14. The lowest BCUT2D eigenvalue weighted by molar-refractivity contribution is -0.116. The molecule has 0 fully saturated rings. The van der Waals surface area contributed by atoms with Gasteiger partial charge in [-0.2, -0.15) is 0 Å². The van der Waals surface area contributed by atoms with Crippen LogP contribution in [0.5, 0.6) is 0 Å². The molecule has 1 aromatic carbocycles. The summed E-state index contributed by atoms with van der Waals surface area (Å²) in [4.78, 5) is 11.7. The Balaban J connectivity index is 2.56. The van der Waals surface area contributed by atoms with Gasteiger partial charge in [-0.05, 0) is 37.0 Å². The summed E-state index contributed by atoms with van der Waals surface area (Å²) in [6.45, 7) is 6.16. The van der Waals surface area contributed by atoms with Crippen LogP contribution >= 0.6 is 0 Å². The molecule has 1 atom stereocenters. The molecule has 0 saturated heterocycles. The summed E-state index contributed by atoms with van der Waals surface area (Å²) < 4.78 is 0. The van der Waals surface area contributed by atoms with Crippen molar-refractivity contribution in [1.29, 1.82) is 0 Å². The maximum atomic E-state index is 11.7. The van der Waals surface area contributed by atoms with E-state index in [0.29, 0.717) is 12.3 Å². The molecule has 0 aromatic heterocycles. The lowest BCUT2D eigenvalue weighted by Gasteiger charge is -2.10. The van der Waals surface area contributed by atoms with Gasteiger partial charge in [-0.15, -0.1) is 0 Å². The number of benzene rings is 1. The number of amides is 1. The van der Waals surface area contributed by atoms with Gasteiger partial charge in [-0.3, -0.25) is 4.79 Å². The Kier molecular flexibility index (Phi) is 5.16. The third-order valence-corrected chi connectivity index (χ3v) is 2.64. The molecule has 1 unspecified atom stereocenters. The van der Waals surface area contributed by atoms with Gasteiger partial charge < -0.3 is 11.1 Å². The zero-order chi connectivity index (χ0) is 12.8. The highest BCUT2D eigenvalue weighted by Crippen LogP contribution is 2.16. The van der Waals surface area contributed by atoms with Crippen LogP contribution in [0.4, 0.5) is 5.69 Å². The molecule has 1 aromatic rings. The molecule has 0 saturated carbocycles. The van der Waals surface area contributed by atoms with Gasteiger partial charge in [-0.25, -0.2) is 0 Å². The van der Waals surface area contributed by atoms with E-state index in [9.17, 15) is 4.79 Å². The predicted octanol–water partition coefficient (Wildman–Crippen LogP) is 3.08. The third-order valence-electron chi connectivity index (χ3n) is 2.64. The molecular weight excluding hydrogens is 212 g/mol. The Labute approximate surface area is 103 Å². The molecule has 0 radical (unpaired) electrons. The molecule has 3 nitrogen and oxygen atoms in total. The van der Waals surface area contributed by atoms with Gasteiger partial charge in [0, 0.05) is 18.2 Å². The smallest absolute Gasteiger partial charge is 0.224 e. The van der Waals surface area contributed by atoms with Crippen LogP contribution < -0.4 is 11.1 Å². The fraction of sp³-hybridized carbons (Fsp3) is 0.500. The Morgan fingerprint density at radius 1 is 1.35 bits per heavy atom. The molecule has 0 bridgehead atoms. The van der Waals surface area contributed by atoms with Crippen LogP contribution in [0.3, 0.4) is 0 Å². The summed E-state index contributed by atoms with van der Waals surface area (Å²) in [5.41, 5.74) is 7.66. The second-order valence-electron chi connectivity index (χ2n) is 4.89. The highest BCUT2D eigenvalue weighted by Gasteiger charge is 2.05. The van der Waals surface area contributed by atoms with Crippen molar-refractivity contribution in [3.63, 3.8) is 0 Å². The maximum absolute atomic E-state index is 11.7. The lowest BCUT2D eigenvalue weighted by atomic mass is 10.1. The van der Waals surface area contributed by atoms with E-state index in [1.165, 1.54) is 0 Å². The number of carbonyl (C=O) groups is 1. The summed E-state index contributed by atoms with van der Waals surface area (Å²) >= 11 is 0. The second-order valence-corrected chi connectivity index (χ2v) is 4.89. The highest BCUT2D eigenvalue weighted by atomic mass is 16.1. The van der Waals surface area contributed by atoms with E-state index >= 15 is 0 Å². The summed E-state index contributed by atoms with van der Waals surface area (Å²) in [5, 5.41) is 2.90. The molecular formula is C14H22N2O. The van der Waals surface area contributed by atoms with Gasteiger partial charge in [-0.1, -0.05) is 26.0 Å². The number of hydrogen-bond donors (Lipinski definition) is 2. The Morgan fingerprint density at radius 2 is 2.06 bits per heavy atom. The van der Waals surface area contributed by atoms with Crippen LogP contribution in [-0.2, 0) is 4.79 Å². The summed E-state index contributed by atoms with van der Waals surface area (Å²) in [5.74, 6) is 0.622. The summed E-state index contributed by atoms with van der Waals surface area (Å²) in [6, 6.07) is 7.69. The topological polar surface area (TPSA) is 55.1 Å². The summed E-state index contributed by atoms with van der Waals surface area (Å²) in [6.07, 6.45) is 1.49. The van der Waals surface area contributed by atoms with E-state index < -0.39 is 0 Å². The zero-order valence-corrected chi connectivity index (χ0v) is 10.9. The maximum Gasteiger partial charge on any atom is 0.224 e. The van der Waals surface area contributed by atoms with Gasteiger partial charge >= 0.3 is 0 Å². The highest BCUT2D eigenvalue weighted by molar-refractivity contribution is 5.90. The number of rotatable bonds is 5. The monoisotopic (exact) mass is 234 g/mol. The van der Waals surface area contributed by atoms with E-state index in [2.05, 4.69) is 19.2 Å². The predicted molar refractivity (Wildman–Crippen MR) is 71.7 cm³/mol. The molecule has 0 aliphatic carbocycles. The van der Waals surface area contributed by atoms with Crippen molar-refractivity contribution in [3.8, 4) is 0 Å². The minimum absolute atomic E-state index is 0.0116. The number of hydrogen-bond acceptors (Lipinski definition) is 2. The number of nitrogens with one attached hydrogen (secondary N) is 1. The minimum atomic E-state index is -0.0116. The van der Waals surface area contributed by atoms with Gasteiger partial charge in [0.1, 0.15) is 0 Å². The van der Waals surface area contributed by atoms with E-state index in [4.69, 9.17) is 5.73 Å². The van der Waals surface area contributed by atoms with Crippen molar-refractivity contribution in [2.24, 2.45) is 11.7 Å². The van der Waals surface area contributed by atoms with E-state index in [-0.39, 0.29) is 11.9 Å². The molecule has 0 aliphatic heterocycles. The zero-order valence-electron chi connectivity index (χ0n) is 10.9. The molecule has 3 heteroatoms. The normalized spacial score (nSPS) is 12.5.